The lowest BCUT2D eigenvalue weighted by atomic mass is 10.1. The Bertz CT molecular complexity index is 837. The van der Waals surface area contributed by atoms with Crippen LogP contribution in [0.25, 0.3) is 6.08 Å². The van der Waals surface area contributed by atoms with Gasteiger partial charge >= 0.3 is 0 Å². The van der Waals surface area contributed by atoms with E-state index >= 15 is 0 Å². The first kappa shape index (κ1) is 21.9. The molecular formula is C22H29N5O3S. The number of nitrogens with one attached hydrogen (secondary N) is 2. The molecule has 2 N–H and O–H groups in total. The van der Waals surface area contributed by atoms with Gasteiger partial charge in [0.15, 0.2) is 6.29 Å². The summed E-state index contributed by atoms with van der Waals surface area (Å²) in [5.41, 5.74) is 4.38. The average Bonchev–Trinajstić information content (AvgIpc) is 3.31. The van der Waals surface area contributed by atoms with E-state index in [0.717, 1.165) is 51.1 Å². The van der Waals surface area contributed by atoms with Crippen LogP contribution >= 0.6 is 11.3 Å². The molecule has 4 heterocycles. The number of rotatable bonds is 8. The van der Waals surface area contributed by atoms with Crippen molar-refractivity contribution in [1.29, 1.82) is 0 Å². The molecule has 0 saturated carbocycles. The van der Waals surface area contributed by atoms with Crippen molar-refractivity contribution >= 4 is 29.1 Å². The van der Waals surface area contributed by atoms with Crippen LogP contribution in [-0.2, 0) is 20.9 Å². The van der Waals surface area contributed by atoms with Crippen LogP contribution in [0, 0.1) is 0 Å². The van der Waals surface area contributed by atoms with Crippen LogP contribution in [0.15, 0.2) is 35.3 Å². The molecule has 2 fully saturated rings. The quantitative estimate of drug-likeness (QED) is 0.478. The van der Waals surface area contributed by atoms with E-state index in [9.17, 15) is 4.79 Å². The van der Waals surface area contributed by atoms with Crippen LogP contribution in [-0.4, -0.2) is 52.8 Å². The highest BCUT2D eigenvalue weighted by molar-refractivity contribution is 7.07. The Hall–Kier alpha value is -2.33. The summed E-state index contributed by atoms with van der Waals surface area (Å²) in [5, 5.41) is 7.83. The first-order chi connectivity index (χ1) is 15.2. The second-order valence-electron chi connectivity index (χ2n) is 7.89. The maximum absolute atomic E-state index is 11.9. The maximum atomic E-state index is 11.9. The van der Waals surface area contributed by atoms with Gasteiger partial charge in [0.1, 0.15) is 5.82 Å². The summed E-state index contributed by atoms with van der Waals surface area (Å²) in [4.78, 5) is 28.4. The van der Waals surface area contributed by atoms with E-state index in [1.807, 2.05) is 0 Å². The normalized spacial score (nSPS) is 22.5. The zero-order valence-corrected chi connectivity index (χ0v) is 18.4. The van der Waals surface area contributed by atoms with Gasteiger partial charge in [-0.25, -0.2) is 15.3 Å². The highest BCUT2D eigenvalue weighted by atomic mass is 32.1. The Morgan fingerprint density at radius 1 is 1.29 bits per heavy atom. The molecule has 2 aliphatic rings. The average molecular weight is 444 g/mol. The topological polar surface area (TPSA) is 88.6 Å². The summed E-state index contributed by atoms with van der Waals surface area (Å²) in [6.07, 6.45) is 11.1. The van der Waals surface area contributed by atoms with Gasteiger partial charge in [-0.05, 0) is 60.7 Å². The van der Waals surface area contributed by atoms with Gasteiger partial charge in [-0.15, -0.1) is 0 Å². The van der Waals surface area contributed by atoms with Gasteiger partial charge in [0.25, 0.3) is 5.91 Å². The van der Waals surface area contributed by atoms with Crippen molar-refractivity contribution in [2.45, 2.75) is 51.0 Å². The number of hydrogen-bond acceptors (Lipinski definition) is 8. The molecule has 2 aliphatic heterocycles. The number of nitrogens with zero attached hydrogens (tertiary/aromatic N) is 3. The highest BCUT2D eigenvalue weighted by Crippen LogP contribution is 2.18. The number of amides is 1. The third-order valence-corrected chi connectivity index (χ3v) is 6.08. The summed E-state index contributed by atoms with van der Waals surface area (Å²) in [7, 11) is 0. The van der Waals surface area contributed by atoms with Crippen LogP contribution in [0.3, 0.4) is 0 Å². The van der Waals surface area contributed by atoms with Crippen LogP contribution in [0.5, 0.6) is 0 Å². The molecule has 2 atom stereocenters. The number of carbonyl (C=O) groups is 1. The van der Waals surface area contributed by atoms with E-state index in [0.29, 0.717) is 18.3 Å². The van der Waals surface area contributed by atoms with Crippen molar-refractivity contribution in [3.8, 4) is 0 Å². The highest BCUT2D eigenvalue weighted by Gasteiger charge is 2.20. The summed E-state index contributed by atoms with van der Waals surface area (Å²) in [6.45, 7) is 3.78. The number of hydrogen-bond donors (Lipinski definition) is 2. The first-order valence-corrected chi connectivity index (χ1v) is 11.8. The number of anilines is 1. The molecule has 0 radical (unpaired) electrons. The van der Waals surface area contributed by atoms with Crippen LogP contribution in [0.1, 0.15) is 43.4 Å². The van der Waals surface area contributed by atoms with Gasteiger partial charge < -0.3 is 10.1 Å². The number of aromatic nitrogens is 2. The third-order valence-electron chi connectivity index (χ3n) is 5.35. The molecule has 0 spiro atoms. The second-order valence-corrected chi connectivity index (χ2v) is 8.67. The monoisotopic (exact) mass is 443 g/mol. The molecule has 2 aromatic rings. The molecule has 2 aromatic heterocycles. The van der Waals surface area contributed by atoms with Gasteiger partial charge in [-0.2, -0.15) is 11.3 Å². The molecule has 1 unspecified atom stereocenters. The van der Waals surface area contributed by atoms with E-state index in [1.54, 1.807) is 29.8 Å². The Kier molecular flexibility index (Phi) is 8.00. The number of likely N-dealkylation sites (tertiary alicyclic amines) is 1. The van der Waals surface area contributed by atoms with E-state index in [4.69, 9.17) is 9.57 Å². The fourth-order valence-electron chi connectivity index (χ4n) is 3.79. The number of carbonyl (C=O) groups excluding carboxylic acids is 1. The number of thiophene rings is 1. The summed E-state index contributed by atoms with van der Waals surface area (Å²) in [5.74, 6) is 0.396. The minimum Gasteiger partial charge on any atom is -0.365 e. The van der Waals surface area contributed by atoms with E-state index in [1.165, 1.54) is 18.1 Å². The molecule has 0 aromatic carbocycles. The van der Waals surface area contributed by atoms with Gasteiger partial charge in [0.05, 0.1) is 18.1 Å². The van der Waals surface area contributed by atoms with Crippen molar-refractivity contribution in [2.24, 2.45) is 0 Å². The molecular weight excluding hydrogens is 414 g/mol. The molecule has 166 valence electrons. The van der Waals surface area contributed by atoms with Gasteiger partial charge in [-0.3, -0.25) is 14.7 Å². The van der Waals surface area contributed by atoms with Crippen molar-refractivity contribution in [3.05, 3.63) is 46.6 Å². The number of ether oxygens (including phenoxy) is 1. The molecule has 9 heteroatoms. The van der Waals surface area contributed by atoms with E-state index in [-0.39, 0.29) is 12.2 Å². The molecule has 31 heavy (non-hydrogen) atoms. The molecule has 0 aliphatic carbocycles. The van der Waals surface area contributed by atoms with Crippen molar-refractivity contribution in [2.75, 3.05) is 25.0 Å². The Morgan fingerprint density at radius 2 is 2.26 bits per heavy atom. The fourth-order valence-corrected chi connectivity index (χ4v) is 4.45. The molecule has 8 nitrogen and oxygen atoms in total. The van der Waals surface area contributed by atoms with Crippen molar-refractivity contribution in [1.82, 2.24) is 20.3 Å². The molecule has 2 saturated heterocycles. The predicted octanol–water partition coefficient (Wildman–Crippen LogP) is 3.20. The van der Waals surface area contributed by atoms with Crippen LogP contribution in [0.4, 0.5) is 5.82 Å². The first-order valence-electron chi connectivity index (χ1n) is 10.8. The lowest BCUT2D eigenvalue weighted by Crippen LogP contribution is -2.41. The number of hydroxylamine groups is 1. The smallest absolute Gasteiger partial charge is 0.267 e. The summed E-state index contributed by atoms with van der Waals surface area (Å²) >= 11 is 1.74. The Morgan fingerprint density at radius 3 is 3.03 bits per heavy atom. The Labute approximate surface area is 186 Å². The van der Waals surface area contributed by atoms with E-state index < -0.39 is 0 Å². The number of piperidine rings is 1. The van der Waals surface area contributed by atoms with Gasteiger partial charge in [0.2, 0.25) is 0 Å². The molecule has 1 amide bonds. The lowest BCUT2D eigenvalue weighted by Gasteiger charge is -2.33. The van der Waals surface area contributed by atoms with Gasteiger partial charge in [0, 0.05) is 38.2 Å². The SMILES string of the molecule is O=C(/C=C/c1cnc(N[C@@H]2CCCN(Cc3ccsc3)C2)cn1)NOC1CCCCO1. The second kappa shape index (κ2) is 11.3. The Balaban J connectivity index is 1.21. The predicted molar refractivity (Wildman–Crippen MR) is 120 cm³/mol. The zero-order valence-electron chi connectivity index (χ0n) is 17.5. The van der Waals surface area contributed by atoms with Crippen molar-refractivity contribution < 1.29 is 14.4 Å². The molecule has 0 bridgehead atoms. The zero-order chi connectivity index (χ0) is 21.3. The molecule has 4 rings (SSSR count). The third kappa shape index (κ3) is 7.10. The summed E-state index contributed by atoms with van der Waals surface area (Å²) < 4.78 is 5.41. The maximum Gasteiger partial charge on any atom is 0.267 e. The van der Waals surface area contributed by atoms with Crippen LogP contribution < -0.4 is 10.8 Å². The minimum atomic E-state index is -0.364. The fraction of sp³-hybridized carbons (Fsp3) is 0.500. The minimum absolute atomic E-state index is 0.355. The largest absolute Gasteiger partial charge is 0.365 e. The van der Waals surface area contributed by atoms with Gasteiger partial charge in [-0.1, -0.05) is 0 Å². The summed E-state index contributed by atoms with van der Waals surface area (Å²) in [6, 6.07) is 2.54. The standard InChI is InChI=1S/C22H29N5O3S/c28-21(26-30-22-5-1-2-10-29-22)7-6-18-12-24-20(13-23-18)25-19-4-3-9-27(15-19)14-17-8-11-31-16-17/h6-8,11-13,16,19,22H,1-5,9-10,14-15H2,(H,24,25)(H,26,28)/b7-6+/t19-,22?/m1/s1. The lowest BCUT2D eigenvalue weighted by molar-refractivity contribution is -0.198. The van der Waals surface area contributed by atoms with Crippen molar-refractivity contribution in [3.63, 3.8) is 0 Å². The van der Waals surface area contributed by atoms with E-state index in [2.05, 4.69) is 42.5 Å². The van der Waals surface area contributed by atoms with Crippen LogP contribution in [0.2, 0.25) is 0 Å².